The summed E-state index contributed by atoms with van der Waals surface area (Å²) in [5, 5.41) is 35.2. The van der Waals surface area contributed by atoms with E-state index in [0.717, 1.165) is 0 Å². The molecule has 0 saturated carbocycles. The molecule has 0 aliphatic rings. The molecule has 13 heavy (non-hydrogen) atoms. The maximum atomic E-state index is 8.81. The van der Waals surface area contributed by atoms with Crippen molar-refractivity contribution in [3.63, 3.8) is 0 Å². The lowest BCUT2D eigenvalue weighted by Crippen LogP contribution is -2.37. The van der Waals surface area contributed by atoms with Crippen LogP contribution in [0.1, 0.15) is 26.7 Å². The van der Waals surface area contributed by atoms with Gasteiger partial charge in [-0.15, -0.1) is 0 Å². The van der Waals surface area contributed by atoms with E-state index in [4.69, 9.17) is 25.2 Å². The molecule has 5 nitrogen and oxygen atoms in total. The zero-order valence-electron chi connectivity index (χ0n) is 7.92. The van der Waals surface area contributed by atoms with Crippen molar-refractivity contribution >= 4 is 0 Å². The molecular formula is C8H18O5. The van der Waals surface area contributed by atoms with E-state index in [-0.39, 0.29) is 0 Å². The Morgan fingerprint density at radius 2 is 1.15 bits per heavy atom. The highest BCUT2D eigenvalue weighted by atomic mass is 16.6. The van der Waals surface area contributed by atoms with Crippen LogP contribution in [-0.2, 0) is 4.74 Å². The molecule has 0 aromatic carbocycles. The Morgan fingerprint density at radius 3 is 1.31 bits per heavy atom. The van der Waals surface area contributed by atoms with E-state index in [9.17, 15) is 0 Å². The molecule has 2 atom stereocenters. The third-order valence-electron chi connectivity index (χ3n) is 1.82. The average molecular weight is 194 g/mol. The van der Waals surface area contributed by atoms with Crippen molar-refractivity contribution in [2.24, 2.45) is 0 Å². The summed E-state index contributed by atoms with van der Waals surface area (Å²) >= 11 is 0. The van der Waals surface area contributed by atoms with Crippen molar-refractivity contribution in [2.45, 2.75) is 51.5 Å². The summed E-state index contributed by atoms with van der Waals surface area (Å²) in [5.74, 6) is 0. The van der Waals surface area contributed by atoms with E-state index in [1.54, 1.807) is 13.8 Å². The van der Waals surface area contributed by atoms with Crippen LogP contribution in [0, 0.1) is 0 Å². The van der Waals surface area contributed by atoms with Crippen LogP contribution >= 0.6 is 0 Å². The fraction of sp³-hybridized carbons (Fsp3) is 1.00. The summed E-state index contributed by atoms with van der Waals surface area (Å²) in [6.45, 7) is 3.45. The van der Waals surface area contributed by atoms with Crippen LogP contribution in [0.3, 0.4) is 0 Å². The molecule has 0 radical (unpaired) electrons. The first-order valence-corrected chi connectivity index (χ1v) is 4.40. The Kier molecular flexibility index (Phi) is 6.19. The predicted octanol–water partition coefficient (Wildman–Crippen LogP) is -0.818. The molecule has 0 bridgehead atoms. The molecule has 0 spiro atoms. The van der Waals surface area contributed by atoms with Crippen LogP contribution in [0.2, 0.25) is 0 Å². The fourth-order valence-electron chi connectivity index (χ4n) is 0.979. The second-order valence-electron chi connectivity index (χ2n) is 2.86. The van der Waals surface area contributed by atoms with Crippen molar-refractivity contribution in [2.75, 3.05) is 0 Å². The summed E-state index contributed by atoms with van der Waals surface area (Å²) < 4.78 is 5.07. The lowest BCUT2D eigenvalue weighted by molar-refractivity contribution is -0.213. The molecule has 80 valence electrons. The summed E-state index contributed by atoms with van der Waals surface area (Å²) in [6.07, 6.45) is -3.91. The van der Waals surface area contributed by atoms with Crippen LogP contribution < -0.4 is 0 Å². The van der Waals surface area contributed by atoms with Crippen LogP contribution in [0.5, 0.6) is 0 Å². The van der Waals surface area contributed by atoms with Crippen LogP contribution in [0.4, 0.5) is 0 Å². The molecular weight excluding hydrogens is 176 g/mol. The summed E-state index contributed by atoms with van der Waals surface area (Å²) in [7, 11) is 0. The first-order chi connectivity index (χ1) is 6.02. The quantitative estimate of drug-likeness (QED) is 0.415. The van der Waals surface area contributed by atoms with Crippen molar-refractivity contribution in [1.29, 1.82) is 0 Å². The lowest BCUT2D eigenvalue weighted by Gasteiger charge is -2.25. The topological polar surface area (TPSA) is 90.2 Å². The van der Waals surface area contributed by atoms with Crippen LogP contribution in [0.25, 0.3) is 0 Å². The Hall–Kier alpha value is -0.200. The highest BCUT2D eigenvalue weighted by Crippen LogP contribution is 2.10. The second-order valence-corrected chi connectivity index (χ2v) is 2.86. The largest absolute Gasteiger partial charge is 0.366 e. The Labute approximate surface area is 77.6 Å². The number of hydrogen-bond acceptors (Lipinski definition) is 5. The van der Waals surface area contributed by atoms with Gasteiger partial charge in [0, 0.05) is 0 Å². The fourth-order valence-corrected chi connectivity index (χ4v) is 0.979. The molecule has 0 aromatic heterocycles. The molecule has 5 heteroatoms. The van der Waals surface area contributed by atoms with Crippen LogP contribution in [-0.4, -0.2) is 45.2 Å². The van der Waals surface area contributed by atoms with Crippen molar-refractivity contribution in [3.8, 4) is 0 Å². The van der Waals surface area contributed by atoms with Gasteiger partial charge in [0.1, 0.15) is 12.2 Å². The van der Waals surface area contributed by atoms with Gasteiger partial charge >= 0.3 is 0 Å². The Balaban J connectivity index is 4.03. The van der Waals surface area contributed by atoms with Gasteiger partial charge in [-0.2, -0.15) is 0 Å². The van der Waals surface area contributed by atoms with Gasteiger partial charge in [0.25, 0.3) is 0 Å². The minimum absolute atomic E-state index is 0.404. The zero-order chi connectivity index (χ0) is 10.4. The van der Waals surface area contributed by atoms with Gasteiger partial charge in [0.05, 0.1) is 0 Å². The maximum absolute atomic E-state index is 8.81. The highest BCUT2D eigenvalue weighted by molar-refractivity contribution is 4.64. The van der Waals surface area contributed by atoms with Gasteiger partial charge in [-0.25, -0.2) is 0 Å². The zero-order valence-corrected chi connectivity index (χ0v) is 7.92. The summed E-state index contributed by atoms with van der Waals surface area (Å²) in [6, 6.07) is 0. The predicted molar refractivity (Wildman–Crippen MR) is 45.7 cm³/mol. The summed E-state index contributed by atoms with van der Waals surface area (Å²) in [5.41, 5.74) is 0. The lowest BCUT2D eigenvalue weighted by atomic mass is 10.2. The van der Waals surface area contributed by atoms with Gasteiger partial charge in [-0.3, -0.25) is 0 Å². The molecule has 0 saturated heterocycles. The number of hydrogen-bond donors (Lipinski definition) is 4. The number of aliphatic hydroxyl groups is 4. The molecule has 4 N–H and O–H groups in total. The Morgan fingerprint density at radius 1 is 0.846 bits per heavy atom. The van der Waals surface area contributed by atoms with E-state index in [1.165, 1.54) is 0 Å². The normalized spacial score (nSPS) is 16.6. The molecule has 0 aliphatic heterocycles. The van der Waals surface area contributed by atoms with Gasteiger partial charge in [0.15, 0.2) is 12.6 Å². The van der Waals surface area contributed by atoms with Crippen LogP contribution in [0.15, 0.2) is 0 Å². The standard InChI is InChI=1S/C8H18O5/c1-3-5(7(9)10)13-6(4-2)8(11)12/h5-12H,3-4H2,1-2H3. The minimum atomic E-state index is -1.59. The monoisotopic (exact) mass is 194 g/mol. The van der Waals surface area contributed by atoms with Crippen molar-refractivity contribution in [1.82, 2.24) is 0 Å². The third kappa shape index (κ3) is 4.54. The van der Waals surface area contributed by atoms with E-state index in [2.05, 4.69) is 0 Å². The van der Waals surface area contributed by atoms with Gasteiger partial charge in [-0.1, -0.05) is 13.8 Å². The molecule has 0 amide bonds. The smallest absolute Gasteiger partial charge is 0.178 e. The van der Waals surface area contributed by atoms with Gasteiger partial charge < -0.3 is 25.2 Å². The third-order valence-corrected chi connectivity index (χ3v) is 1.82. The molecule has 2 unspecified atom stereocenters. The SMILES string of the molecule is CCC(OC(CC)C(O)O)C(O)O. The molecule has 0 heterocycles. The highest BCUT2D eigenvalue weighted by Gasteiger charge is 2.23. The van der Waals surface area contributed by atoms with Gasteiger partial charge in [-0.05, 0) is 12.8 Å². The minimum Gasteiger partial charge on any atom is -0.366 e. The summed E-state index contributed by atoms with van der Waals surface area (Å²) in [4.78, 5) is 0. The maximum Gasteiger partial charge on any atom is 0.178 e. The first kappa shape index (κ1) is 12.8. The van der Waals surface area contributed by atoms with Crippen molar-refractivity contribution in [3.05, 3.63) is 0 Å². The van der Waals surface area contributed by atoms with E-state index in [1.807, 2.05) is 0 Å². The number of ether oxygens (including phenoxy) is 1. The molecule has 0 aliphatic carbocycles. The average Bonchev–Trinajstić information content (AvgIpc) is 2.05. The molecule has 0 rings (SSSR count). The number of aliphatic hydroxyl groups excluding tert-OH is 2. The van der Waals surface area contributed by atoms with E-state index in [0.29, 0.717) is 12.8 Å². The van der Waals surface area contributed by atoms with Gasteiger partial charge in [0.2, 0.25) is 0 Å². The Bertz CT molecular complexity index is 112. The van der Waals surface area contributed by atoms with E-state index < -0.39 is 24.8 Å². The second kappa shape index (κ2) is 6.28. The first-order valence-electron chi connectivity index (χ1n) is 4.40. The molecule has 0 fully saturated rings. The van der Waals surface area contributed by atoms with Crippen molar-refractivity contribution < 1.29 is 25.2 Å². The molecule has 0 aromatic rings. The number of rotatable bonds is 6. The van der Waals surface area contributed by atoms with E-state index >= 15 is 0 Å².